The number of hydrogen-bond donors (Lipinski definition) is 4. The Bertz CT molecular complexity index is 1680. The Morgan fingerprint density at radius 2 is 1.80 bits per heavy atom. The average Bonchev–Trinajstić information content (AvgIpc) is 3.59. The first kappa shape index (κ1) is 27.6. The number of benzene rings is 2. The standard InChI is InChI=1S/C29H32ClN7O3S/c30-24-16-33-29(35-20-8-6-7-19(14-20)34-28(38)25-13-18(31)15-32-25)36-27(24)23-17-37(26-12-5-4-11-22(23)26)41(39,40)21-9-2-1-3-10-21/h1-5,9-12,16-20,25,32H,6-8,13-15,31H2,(H,34,38)(H,33,35,36)/t18-,19-,20+,25-/m0/s1. The number of nitrogens with two attached hydrogens (primary N) is 1. The molecule has 4 atom stereocenters. The first-order valence-electron chi connectivity index (χ1n) is 13.8. The Morgan fingerprint density at radius 1 is 1.05 bits per heavy atom. The van der Waals surface area contributed by atoms with Crippen molar-refractivity contribution in [1.29, 1.82) is 0 Å². The molecule has 0 unspecified atom stereocenters. The quantitative estimate of drug-likeness (QED) is 0.255. The maximum Gasteiger partial charge on any atom is 0.268 e. The normalized spacial score (nSPS) is 23.0. The van der Waals surface area contributed by atoms with E-state index in [1.807, 2.05) is 12.1 Å². The van der Waals surface area contributed by atoms with Crippen LogP contribution < -0.4 is 21.7 Å². The summed E-state index contributed by atoms with van der Waals surface area (Å²) in [5.74, 6) is 0.392. The van der Waals surface area contributed by atoms with Gasteiger partial charge in [-0.05, 0) is 50.3 Å². The summed E-state index contributed by atoms with van der Waals surface area (Å²) in [5, 5.41) is 10.8. The Kier molecular flexibility index (Phi) is 7.69. The van der Waals surface area contributed by atoms with Crippen molar-refractivity contribution in [2.45, 2.75) is 61.2 Å². The van der Waals surface area contributed by atoms with Gasteiger partial charge in [-0.3, -0.25) is 4.79 Å². The van der Waals surface area contributed by atoms with E-state index in [0.717, 1.165) is 25.7 Å². The molecule has 41 heavy (non-hydrogen) atoms. The van der Waals surface area contributed by atoms with Crippen LogP contribution in [0.2, 0.25) is 5.02 Å². The van der Waals surface area contributed by atoms with Gasteiger partial charge in [0.25, 0.3) is 10.0 Å². The van der Waals surface area contributed by atoms with E-state index in [2.05, 4.69) is 20.9 Å². The minimum atomic E-state index is -3.86. The average molecular weight is 594 g/mol. The lowest BCUT2D eigenvalue weighted by atomic mass is 9.90. The Morgan fingerprint density at radius 3 is 2.59 bits per heavy atom. The van der Waals surface area contributed by atoms with Gasteiger partial charge in [0.1, 0.15) is 0 Å². The molecule has 0 radical (unpaired) electrons. The highest BCUT2D eigenvalue weighted by Crippen LogP contribution is 2.36. The van der Waals surface area contributed by atoms with Crippen LogP contribution in [0.5, 0.6) is 0 Å². The predicted octanol–water partition coefficient (Wildman–Crippen LogP) is 3.52. The highest BCUT2D eigenvalue weighted by atomic mass is 35.5. The van der Waals surface area contributed by atoms with Gasteiger partial charge in [-0.15, -0.1) is 0 Å². The third kappa shape index (κ3) is 5.67. The van der Waals surface area contributed by atoms with Crippen molar-refractivity contribution in [2.75, 3.05) is 11.9 Å². The molecule has 12 heteroatoms. The number of hydrogen-bond acceptors (Lipinski definition) is 8. The number of fused-ring (bicyclic) bond motifs is 1. The second-order valence-electron chi connectivity index (χ2n) is 10.7. The first-order chi connectivity index (χ1) is 19.8. The van der Waals surface area contributed by atoms with Crippen LogP contribution in [-0.4, -0.2) is 59.0 Å². The Labute approximate surface area is 243 Å². The summed E-state index contributed by atoms with van der Waals surface area (Å²) in [7, 11) is -3.86. The maximum absolute atomic E-state index is 13.6. The number of para-hydroxylation sites is 1. The number of amides is 1. The van der Waals surface area contributed by atoms with E-state index in [1.165, 1.54) is 10.2 Å². The second kappa shape index (κ2) is 11.4. The lowest BCUT2D eigenvalue weighted by Crippen LogP contribution is -2.48. The van der Waals surface area contributed by atoms with Gasteiger partial charge in [-0.25, -0.2) is 22.4 Å². The molecule has 1 saturated carbocycles. The molecule has 10 nitrogen and oxygen atoms in total. The lowest BCUT2D eigenvalue weighted by Gasteiger charge is -2.31. The molecule has 2 fully saturated rings. The van der Waals surface area contributed by atoms with Crippen LogP contribution in [0.1, 0.15) is 32.1 Å². The van der Waals surface area contributed by atoms with Gasteiger partial charge in [-0.2, -0.15) is 0 Å². The summed E-state index contributed by atoms with van der Waals surface area (Å²) < 4.78 is 28.4. The zero-order valence-electron chi connectivity index (χ0n) is 22.3. The zero-order chi connectivity index (χ0) is 28.6. The number of anilines is 1. The minimum absolute atomic E-state index is 0.00419. The molecule has 2 aromatic heterocycles. The zero-order valence-corrected chi connectivity index (χ0v) is 23.9. The molecule has 0 bridgehead atoms. The molecule has 4 aromatic rings. The van der Waals surface area contributed by atoms with Gasteiger partial charge in [0.05, 0.1) is 33.4 Å². The molecule has 1 aliphatic carbocycles. The number of carbonyl (C=O) groups is 1. The number of rotatable bonds is 7. The van der Waals surface area contributed by atoms with Crippen molar-refractivity contribution in [3.63, 3.8) is 0 Å². The van der Waals surface area contributed by atoms with Crippen LogP contribution in [0, 0.1) is 0 Å². The van der Waals surface area contributed by atoms with Gasteiger partial charge in [-0.1, -0.05) is 48.0 Å². The van der Waals surface area contributed by atoms with Crippen molar-refractivity contribution in [2.24, 2.45) is 5.73 Å². The van der Waals surface area contributed by atoms with Crippen LogP contribution >= 0.6 is 11.6 Å². The molecule has 6 rings (SSSR count). The van der Waals surface area contributed by atoms with Gasteiger partial charge >= 0.3 is 0 Å². The maximum atomic E-state index is 13.6. The van der Waals surface area contributed by atoms with Gasteiger partial charge < -0.3 is 21.7 Å². The van der Waals surface area contributed by atoms with Crippen LogP contribution in [0.4, 0.5) is 5.95 Å². The van der Waals surface area contributed by atoms with Crippen LogP contribution in [-0.2, 0) is 14.8 Å². The van der Waals surface area contributed by atoms with Crippen LogP contribution in [0.3, 0.4) is 0 Å². The Hall–Kier alpha value is -3.51. The molecule has 2 aromatic carbocycles. The minimum Gasteiger partial charge on any atom is -0.352 e. The summed E-state index contributed by atoms with van der Waals surface area (Å²) in [6.07, 6.45) is 7.25. The summed E-state index contributed by atoms with van der Waals surface area (Å²) in [6.45, 7) is 0.653. The molecular formula is C29H32ClN7O3S. The van der Waals surface area contributed by atoms with Crippen molar-refractivity contribution in [3.05, 3.63) is 72.0 Å². The highest BCUT2D eigenvalue weighted by molar-refractivity contribution is 7.90. The van der Waals surface area contributed by atoms with E-state index in [4.69, 9.17) is 22.3 Å². The third-order valence-corrected chi connectivity index (χ3v) is 9.78. The number of nitrogens with one attached hydrogen (secondary N) is 3. The van der Waals surface area contributed by atoms with Crippen LogP contribution in [0.25, 0.3) is 22.2 Å². The van der Waals surface area contributed by atoms with E-state index in [1.54, 1.807) is 48.7 Å². The van der Waals surface area contributed by atoms with Gasteiger partial charge in [0.2, 0.25) is 11.9 Å². The highest BCUT2D eigenvalue weighted by Gasteiger charge is 2.31. The number of nitrogens with zero attached hydrogens (tertiary/aromatic N) is 3. The van der Waals surface area contributed by atoms with E-state index in [-0.39, 0.29) is 35.0 Å². The Balaban J connectivity index is 1.25. The lowest BCUT2D eigenvalue weighted by molar-refractivity contribution is -0.123. The molecule has 0 spiro atoms. The summed E-state index contributed by atoms with van der Waals surface area (Å²) in [6, 6.07) is 15.4. The fourth-order valence-corrected chi connectivity index (χ4v) is 7.35. The summed E-state index contributed by atoms with van der Waals surface area (Å²) in [5.41, 5.74) is 7.49. The van der Waals surface area contributed by atoms with E-state index in [9.17, 15) is 13.2 Å². The van der Waals surface area contributed by atoms with Gasteiger partial charge in [0.15, 0.2) is 0 Å². The molecule has 214 valence electrons. The first-order valence-corrected chi connectivity index (χ1v) is 15.6. The molecule has 3 heterocycles. The molecule has 2 aliphatic rings. The predicted molar refractivity (Wildman–Crippen MR) is 159 cm³/mol. The molecule has 1 aliphatic heterocycles. The molecule has 5 N–H and O–H groups in total. The van der Waals surface area contributed by atoms with Crippen molar-refractivity contribution < 1.29 is 13.2 Å². The molecule has 1 amide bonds. The number of halogens is 1. The summed E-state index contributed by atoms with van der Waals surface area (Å²) in [4.78, 5) is 22.0. The largest absolute Gasteiger partial charge is 0.352 e. The smallest absolute Gasteiger partial charge is 0.268 e. The van der Waals surface area contributed by atoms with E-state index in [0.29, 0.717) is 46.1 Å². The fourth-order valence-electron chi connectivity index (χ4n) is 5.77. The van der Waals surface area contributed by atoms with E-state index >= 15 is 0 Å². The third-order valence-electron chi connectivity index (χ3n) is 7.81. The topological polar surface area (TPSA) is 144 Å². The monoisotopic (exact) mass is 593 g/mol. The van der Waals surface area contributed by atoms with Crippen molar-refractivity contribution in [1.82, 2.24) is 24.6 Å². The molecule has 1 saturated heterocycles. The van der Waals surface area contributed by atoms with E-state index < -0.39 is 10.0 Å². The number of aromatic nitrogens is 3. The van der Waals surface area contributed by atoms with Crippen molar-refractivity contribution >= 4 is 44.4 Å². The van der Waals surface area contributed by atoms with Crippen molar-refractivity contribution in [3.8, 4) is 11.3 Å². The fraction of sp³-hybridized carbons (Fsp3) is 0.345. The summed E-state index contributed by atoms with van der Waals surface area (Å²) >= 11 is 6.59. The second-order valence-corrected chi connectivity index (χ2v) is 13.0. The van der Waals surface area contributed by atoms with Crippen LogP contribution in [0.15, 0.2) is 71.9 Å². The molecular weight excluding hydrogens is 562 g/mol. The van der Waals surface area contributed by atoms with Gasteiger partial charge in [0, 0.05) is 41.8 Å². The SMILES string of the molecule is N[C@@H]1CN[C@H](C(=O)N[C@H]2CCC[C@@H](Nc3ncc(Cl)c(-c4cn(S(=O)(=O)c5ccccc5)c5ccccc45)n3)C2)C1. The number of carbonyl (C=O) groups excluding carboxylic acids is 1.